The molecule has 0 saturated heterocycles. The van der Waals surface area contributed by atoms with Crippen molar-refractivity contribution in [1.82, 2.24) is 49.5 Å². The molecule has 17 heteroatoms. The van der Waals surface area contributed by atoms with Gasteiger partial charge in [0.15, 0.2) is 5.82 Å². The van der Waals surface area contributed by atoms with Gasteiger partial charge in [-0.3, -0.25) is 24.1 Å². The molecular weight excluding hydrogens is 774 g/mol. The number of ether oxygens (including phenoxy) is 1. The first kappa shape index (κ1) is 38.3. The lowest BCUT2D eigenvalue weighted by molar-refractivity contribution is 0.0953. The summed E-state index contributed by atoms with van der Waals surface area (Å²) in [6, 6.07) is 21.8. The number of ketones is 2. The SMILES string of the molecule is C.COCn1ncnc1C(=O)c1c2cccc(-c3ccc(Cl)cc3Cl)c2nn1C.Cn1nc2c(-c3ccc(Cl)cc3Cl)cccc2c1C(=O)c1ncn[nH]1. The first-order valence-electron chi connectivity index (χ1n) is 15.7. The average Bonchev–Trinajstić information content (AvgIpc) is 3.94. The number of halogens is 4. The highest BCUT2D eigenvalue weighted by atomic mass is 35.5. The van der Waals surface area contributed by atoms with Crippen LogP contribution in [-0.2, 0) is 25.6 Å². The number of nitrogens with zero attached hydrogens (tertiary/aromatic N) is 9. The van der Waals surface area contributed by atoms with Crippen molar-refractivity contribution in [1.29, 1.82) is 0 Å². The third-order valence-electron chi connectivity index (χ3n) is 8.30. The summed E-state index contributed by atoms with van der Waals surface area (Å²) in [7, 11) is 4.96. The second-order valence-electron chi connectivity index (χ2n) is 11.6. The summed E-state index contributed by atoms with van der Waals surface area (Å²) in [5.74, 6) is -0.220. The van der Waals surface area contributed by atoms with Crippen molar-refractivity contribution in [3.05, 3.63) is 129 Å². The van der Waals surface area contributed by atoms with Gasteiger partial charge in [-0.25, -0.2) is 14.6 Å². The van der Waals surface area contributed by atoms with Gasteiger partial charge in [-0.1, -0.05) is 102 Å². The molecule has 0 aliphatic carbocycles. The summed E-state index contributed by atoms with van der Waals surface area (Å²) < 4.78 is 9.57. The van der Waals surface area contributed by atoms with Gasteiger partial charge in [0.05, 0.1) is 0 Å². The highest BCUT2D eigenvalue weighted by molar-refractivity contribution is 6.37. The third kappa shape index (κ3) is 7.11. The molecule has 13 nitrogen and oxygen atoms in total. The minimum Gasteiger partial charge on any atom is -0.362 e. The number of aromatic nitrogens is 10. The van der Waals surface area contributed by atoms with Crippen molar-refractivity contribution >= 4 is 79.8 Å². The summed E-state index contributed by atoms with van der Waals surface area (Å²) in [5.41, 5.74) is 5.40. The largest absolute Gasteiger partial charge is 0.362 e. The van der Waals surface area contributed by atoms with Gasteiger partial charge in [0.2, 0.25) is 17.4 Å². The number of hydrogen-bond donors (Lipinski definition) is 1. The number of benzene rings is 4. The minimum absolute atomic E-state index is 0. The summed E-state index contributed by atoms with van der Waals surface area (Å²) in [5, 5.41) is 23.0. The molecular formula is C37H30Cl4N10O3. The van der Waals surface area contributed by atoms with Crippen molar-refractivity contribution in [2.24, 2.45) is 14.1 Å². The van der Waals surface area contributed by atoms with Crippen LogP contribution >= 0.6 is 46.4 Å². The van der Waals surface area contributed by atoms with Crippen LogP contribution in [0, 0.1) is 0 Å². The van der Waals surface area contributed by atoms with E-state index in [9.17, 15) is 9.59 Å². The van der Waals surface area contributed by atoms with Crippen LogP contribution in [-0.4, -0.2) is 68.2 Å². The maximum Gasteiger partial charge on any atom is 0.248 e. The van der Waals surface area contributed by atoms with Crippen LogP contribution in [0.4, 0.5) is 0 Å². The number of hydrogen-bond acceptors (Lipinski definition) is 9. The molecule has 0 atom stereocenters. The van der Waals surface area contributed by atoms with E-state index in [1.807, 2.05) is 48.5 Å². The van der Waals surface area contributed by atoms with Gasteiger partial charge in [0, 0.05) is 74.3 Å². The molecule has 8 aromatic rings. The fourth-order valence-corrected chi connectivity index (χ4v) is 7.03. The molecule has 0 spiro atoms. The Morgan fingerprint density at radius 1 is 0.704 bits per heavy atom. The highest BCUT2D eigenvalue weighted by Gasteiger charge is 2.25. The molecule has 0 unspecified atom stereocenters. The molecule has 4 heterocycles. The number of methoxy groups -OCH3 is 1. The number of rotatable bonds is 8. The zero-order chi connectivity index (χ0) is 37.4. The van der Waals surface area contributed by atoms with Crippen molar-refractivity contribution in [3.8, 4) is 22.3 Å². The summed E-state index contributed by atoms with van der Waals surface area (Å²) >= 11 is 24.7. The zero-order valence-corrected chi connectivity index (χ0v) is 31.1. The van der Waals surface area contributed by atoms with Crippen LogP contribution in [0.1, 0.15) is 40.1 Å². The van der Waals surface area contributed by atoms with Gasteiger partial charge in [-0.05, 0) is 24.3 Å². The normalized spacial score (nSPS) is 11.0. The van der Waals surface area contributed by atoms with Crippen LogP contribution in [0.5, 0.6) is 0 Å². The van der Waals surface area contributed by atoms with Crippen LogP contribution < -0.4 is 0 Å². The second-order valence-corrected chi connectivity index (χ2v) is 13.3. The van der Waals surface area contributed by atoms with Gasteiger partial charge >= 0.3 is 0 Å². The Labute approximate surface area is 328 Å². The molecule has 4 aromatic carbocycles. The average molecular weight is 805 g/mol. The minimum atomic E-state index is -0.293. The van der Waals surface area contributed by atoms with E-state index in [2.05, 4.69) is 35.5 Å². The summed E-state index contributed by atoms with van der Waals surface area (Å²) in [6.07, 6.45) is 2.62. The fourth-order valence-electron chi connectivity index (χ4n) is 6.01. The number of fused-ring (bicyclic) bond motifs is 2. The van der Waals surface area contributed by atoms with E-state index in [1.165, 1.54) is 24.4 Å². The van der Waals surface area contributed by atoms with Gasteiger partial charge in [0.1, 0.15) is 41.8 Å². The van der Waals surface area contributed by atoms with Gasteiger partial charge in [0.25, 0.3) is 0 Å². The van der Waals surface area contributed by atoms with Crippen molar-refractivity contribution < 1.29 is 14.3 Å². The van der Waals surface area contributed by atoms with Crippen molar-refractivity contribution in [3.63, 3.8) is 0 Å². The molecule has 4 aromatic heterocycles. The third-order valence-corrected chi connectivity index (χ3v) is 9.40. The van der Waals surface area contributed by atoms with E-state index in [4.69, 9.17) is 51.1 Å². The molecule has 0 saturated carbocycles. The molecule has 8 rings (SSSR count). The van der Waals surface area contributed by atoms with Gasteiger partial charge in [-0.2, -0.15) is 20.4 Å². The fraction of sp³-hybridized carbons (Fsp3) is 0.135. The smallest absolute Gasteiger partial charge is 0.248 e. The number of aryl methyl sites for hydroxylation is 2. The van der Waals surface area contributed by atoms with E-state index >= 15 is 0 Å². The Morgan fingerprint density at radius 3 is 1.72 bits per heavy atom. The van der Waals surface area contributed by atoms with Gasteiger partial charge < -0.3 is 4.74 Å². The molecule has 54 heavy (non-hydrogen) atoms. The molecule has 0 fully saturated rings. The number of carbonyl (C=O) groups excluding carboxylic acids is 2. The highest BCUT2D eigenvalue weighted by Crippen LogP contribution is 2.37. The maximum absolute atomic E-state index is 13.2. The topological polar surface area (TPSA) is 151 Å². The van der Waals surface area contributed by atoms with Crippen LogP contribution in [0.25, 0.3) is 44.1 Å². The predicted octanol–water partition coefficient (Wildman–Crippen LogP) is 8.51. The molecule has 0 aliphatic heterocycles. The summed E-state index contributed by atoms with van der Waals surface area (Å²) in [4.78, 5) is 33.9. The van der Waals surface area contributed by atoms with Gasteiger partial charge in [-0.15, -0.1) is 0 Å². The van der Waals surface area contributed by atoms with E-state index < -0.39 is 0 Å². The monoisotopic (exact) mass is 802 g/mol. The number of carbonyl (C=O) groups is 2. The molecule has 274 valence electrons. The Kier molecular flexibility index (Phi) is 11.3. The lowest BCUT2D eigenvalue weighted by Gasteiger charge is -2.06. The van der Waals surface area contributed by atoms with Crippen LogP contribution in [0.2, 0.25) is 20.1 Å². The lowest BCUT2D eigenvalue weighted by atomic mass is 10.0. The second kappa shape index (κ2) is 15.9. The van der Waals surface area contributed by atoms with E-state index in [0.29, 0.717) is 53.3 Å². The molecule has 0 amide bonds. The number of H-pyrrole nitrogens is 1. The van der Waals surface area contributed by atoms with E-state index in [1.54, 1.807) is 47.7 Å². The van der Waals surface area contributed by atoms with Crippen molar-refractivity contribution in [2.45, 2.75) is 14.2 Å². The summed E-state index contributed by atoms with van der Waals surface area (Å²) in [6.45, 7) is 0.127. The maximum atomic E-state index is 13.2. The predicted molar refractivity (Wildman–Crippen MR) is 209 cm³/mol. The first-order chi connectivity index (χ1) is 25.6. The van der Waals surface area contributed by atoms with Crippen LogP contribution in [0.15, 0.2) is 85.5 Å². The Bertz CT molecular complexity index is 2670. The lowest BCUT2D eigenvalue weighted by Crippen LogP contribution is -2.16. The first-order valence-corrected chi connectivity index (χ1v) is 17.2. The molecule has 1 N–H and O–H groups in total. The van der Waals surface area contributed by atoms with E-state index in [-0.39, 0.29) is 37.4 Å². The van der Waals surface area contributed by atoms with Crippen LogP contribution in [0.3, 0.4) is 0 Å². The quantitative estimate of drug-likeness (QED) is 0.149. The van der Waals surface area contributed by atoms with Crippen molar-refractivity contribution in [2.75, 3.05) is 7.11 Å². The van der Waals surface area contributed by atoms with E-state index in [0.717, 1.165) is 22.3 Å². The standard InChI is InChI=1S/C19H15Cl2N5O2.C17H11Cl2N5O.CH4/c1-25-17(18(27)19-22-9-23-26(19)10-28-2)14-5-3-4-13(16(14)24-25)12-7-6-11(20)8-15(12)21;1-24-15(16(25)17-20-8-21-22-17)12-4-2-3-11(14(12)23-24)10-6-5-9(18)7-13(10)19;/h3-9H,10H2,1-2H3;2-8H,1H3,(H,20,21,22);1H4. The molecule has 0 radical (unpaired) electrons. The number of aromatic amines is 1. The Balaban J connectivity index is 0.000000182. The number of nitrogens with one attached hydrogen (secondary N) is 1. The zero-order valence-electron chi connectivity index (χ0n) is 28.1. The molecule has 0 aliphatic rings. The Hall–Kier alpha value is -5.44. The Morgan fingerprint density at radius 2 is 1.24 bits per heavy atom. The molecule has 0 bridgehead atoms.